The third-order valence-corrected chi connectivity index (χ3v) is 3.48. The first-order valence-electron chi connectivity index (χ1n) is 7.35. The van der Waals surface area contributed by atoms with Crippen molar-refractivity contribution in [2.45, 2.75) is 26.3 Å². The van der Waals surface area contributed by atoms with Crippen molar-refractivity contribution in [1.82, 2.24) is 15.5 Å². The second-order valence-corrected chi connectivity index (χ2v) is 5.02. The van der Waals surface area contributed by atoms with Gasteiger partial charge in [-0.3, -0.25) is 4.90 Å². The molecule has 0 fully saturated rings. The van der Waals surface area contributed by atoms with Crippen LogP contribution in [0.3, 0.4) is 0 Å². The molecule has 0 spiro atoms. The van der Waals surface area contributed by atoms with Crippen molar-refractivity contribution >= 4 is 11.7 Å². The summed E-state index contributed by atoms with van der Waals surface area (Å²) in [6.07, 6.45) is 0.912. The Morgan fingerprint density at radius 2 is 2.19 bits per heavy atom. The number of fused-ring (bicyclic) bond motifs is 1. The normalized spacial score (nSPS) is 16.0. The van der Waals surface area contributed by atoms with Crippen molar-refractivity contribution in [3.05, 3.63) is 30.2 Å². The lowest BCUT2D eigenvalue weighted by atomic mass is 10.2. The van der Waals surface area contributed by atoms with Crippen molar-refractivity contribution in [2.24, 2.45) is 0 Å². The van der Waals surface area contributed by atoms with Crippen LogP contribution in [0, 0.1) is 0 Å². The summed E-state index contributed by atoms with van der Waals surface area (Å²) in [5.74, 6) is 1.46. The average molecular weight is 288 g/mol. The van der Waals surface area contributed by atoms with E-state index in [2.05, 4.69) is 22.4 Å². The van der Waals surface area contributed by atoms with Crippen molar-refractivity contribution in [3.8, 4) is 5.75 Å². The summed E-state index contributed by atoms with van der Waals surface area (Å²) in [4.78, 5) is 2.03. The first-order valence-corrected chi connectivity index (χ1v) is 7.35. The Kier molecular flexibility index (Phi) is 4.06. The van der Waals surface area contributed by atoms with Gasteiger partial charge in [0.1, 0.15) is 5.75 Å². The average Bonchev–Trinajstić information content (AvgIpc) is 2.89. The molecule has 2 aromatic rings. The summed E-state index contributed by atoms with van der Waals surface area (Å²) < 4.78 is 11.6. The van der Waals surface area contributed by atoms with E-state index in [1.54, 1.807) is 0 Å². The predicted octanol–water partition coefficient (Wildman–Crippen LogP) is 2.66. The van der Waals surface area contributed by atoms with E-state index >= 15 is 0 Å². The monoisotopic (exact) mass is 288 g/mol. The van der Waals surface area contributed by atoms with Crippen LogP contribution in [0.2, 0.25) is 0 Å². The molecule has 1 aliphatic rings. The van der Waals surface area contributed by atoms with Gasteiger partial charge in [-0.25, -0.2) is 0 Å². The third kappa shape index (κ3) is 2.85. The molecule has 6 nitrogen and oxygen atoms in total. The molecule has 0 radical (unpaired) electrons. The fraction of sp³-hybridized carbons (Fsp3) is 0.467. The molecule has 1 atom stereocenters. The highest BCUT2D eigenvalue weighted by atomic mass is 16.5. The first-order chi connectivity index (χ1) is 10.3. The number of nitrogens with one attached hydrogen (secondary N) is 1. The van der Waals surface area contributed by atoms with Gasteiger partial charge < -0.3 is 14.5 Å². The zero-order valence-corrected chi connectivity index (χ0v) is 12.4. The summed E-state index contributed by atoms with van der Waals surface area (Å²) in [5, 5.41) is 11.6. The summed E-state index contributed by atoms with van der Waals surface area (Å²) in [6, 6.07) is 8.50. The van der Waals surface area contributed by atoms with Crippen molar-refractivity contribution in [2.75, 3.05) is 24.6 Å². The van der Waals surface area contributed by atoms with Crippen LogP contribution in [0.5, 0.6) is 5.75 Å². The van der Waals surface area contributed by atoms with Gasteiger partial charge in [-0.05, 0) is 32.0 Å². The second-order valence-electron chi connectivity index (χ2n) is 5.02. The van der Waals surface area contributed by atoms with E-state index in [1.165, 1.54) is 0 Å². The molecule has 0 aliphatic carbocycles. The number of aromatic nitrogens is 2. The number of hydrogen-bond donors (Lipinski definition) is 1. The molecule has 1 aromatic heterocycles. The van der Waals surface area contributed by atoms with Crippen molar-refractivity contribution < 1.29 is 9.15 Å². The van der Waals surface area contributed by atoms with E-state index in [9.17, 15) is 0 Å². The molecule has 3 rings (SSSR count). The topological polar surface area (TPSA) is 63.4 Å². The van der Waals surface area contributed by atoms with Gasteiger partial charge in [0.25, 0.3) is 0 Å². The van der Waals surface area contributed by atoms with Gasteiger partial charge in [-0.1, -0.05) is 24.2 Å². The molecule has 21 heavy (non-hydrogen) atoms. The van der Waals surface area contributed by atoms with Crippen molar-refractivity contribution in [3.63, 3.8) is 0 Å². The van der Waals surface area contributed by atoms with Crippen molar-refractivity contribution in [1.29, 1.82) is 0 Å². The van der Waals surface area contributed by atoms with Crippen LogP contribution in [0.1, 0.15) is 32.2 Å². The maximum atomic E-state index is 5.84. The van der Waals surface area contributed by atoms with E-state index in [0.717, 1.165) is 30.9 Å². The van der Waals surface area contributed by atoms with Gasteiger partial charge in [-0.2, -0.15) is 0 Å². The van der Waals surface area contributed by atoms with Crippen LogP contribution in [-0.2, 0) is 0 Å². The molecule has 0 saturated carbocycles. The Morgan fingerprint density at radius 1 is 1.33 bits per heavy atom. The van der Waals surface area contributed by atoms with Gasteiger partial charge in [-0.15, -0.1) is 5.10 Å². The minimum absolute atomic E-state index is 0.0507. The lowest BCUT2D eigenvalue weighted by molar-refractivity contribution is 0.322. The van der Waals surface area contributed by atoms with Crippen LogP contribution in [0.15, 0.2) is 28.7 Å². The predicted molar refractivity (Wildman–Crippen MR) is 79.9 cm³/mol. The lowest BCUT2D eigenvalue weighted by Gasteiger charge is -2.18. The zero-order valence-electron chi connectivity index (χ0n) is 12.4. The number of ether oxygens (including phenoxy) is 1. The maximum absolute atomic E-state index is 5.84. The smallest absolute Gasteiger partial charge is 0.322 e. The van der Waals surface area contributed by atoms with E-state index < -0.39 is 0 Å². The molecule has 1 N–H and O–H groups in total. The van der Waals surface area contributed by atoms with E-state index in [4.69, 9.17) is 9.15 Å². The third-order valence-electron chi connectivity index (χ3n) is 3.48. The fourth-order valence-electron chi connectivity index (χ4n) is 2.43. The quantitative estimate of drug-likeness (QED) is 0.933. The molecular weight excluding hydrogens is 268 g/mol. The van der Waals surface area contributed by atoms with Gasteiger partial charge >= 0.3 is 6.01 Å². The number of hydrogen-bond acceptors (Lipinski definition) is 6. The zero-order chi connectivity index (χ0) is 14.7. The van der Waals surface area contributed by atoms with E-state index in [-0.39, 0.29) is 6.04 Å². The van der Waals surface area contributed by atoms with Crippen LogP contribution >= 0.6 is 0 Å². The molecule has 6 heteroatoms. The number of anilines is 2. The van der Waals surface area contributed by atoms with Gasteiger partial charge in [0.15, 0.2) is 0 Å². The Morgan fingerprint density at radius 3 is 3.05 bits per heavy atom. The van der Waals surface area contributed by atoms with Gasteiger partial charge in [0.2, 0.25) is 5.89 Å². The number of nitrogens with zero attached hydrogens (tertiary/aromatic N) is 3. The fourth-order valence-corrected chi connectivity index (χ4v) is 2.43. The Balaban J connectivity index is 1.90. The highest BCUT2D eigenvalue weighted by Gasteiger charge is 2.23. The second kappa shape index (κ2) is 6.13. The van der Waals surface area contributed by atoms with Crippen LogP contribution in [0.25, 0.3) is 0 Å². The van der Waals surface area contributed by atoms with E-state index in [0.29, 0.717) is 18.5 Å². The summed E-state index contributed by atoms with van der Waals surface area (Å²) >= 11 is 0. The largest absolute Gasteiger partial charge is 0.491 e. The number of benzene rings is 1. The molecule has 1 aromatic carbocycles. The summed E-state index contributed by atoms with van der Waals surface area (Å²) in [5.41, 5.74) is 0.973. The maximum Gasteiger partial charge on any atom is 0.322 e. The highest BCUT2D eigenvalue weighted by Crippen LogP contribution is 2.35. The first kappa shape index (κ1) is 13.9. The Hall–Kier alpha value is -2.08. The van der Waals surface area contributed by atoms with Crippen LogP contribution in [0.4, 0.5) is 11.7 Å². The highest BCUT2D eigenvalue weighted by molar-refractivity contribution is 5.64. The Labute approximate surface area is 124 Å². The van der Waals surface area contributed by atoms with Gasteiger partial charge in [0.05, 0.1) is 18.3 Å². The van der Waals surface area contributed by atoms with Crippen LogP contribution < -0.4 is 15.0 Å². The minimum Gasteiger partial charge on any atom is -0.491 e. The molecule has 0 amide bonds. The Bertz CT molecular complexity index is 599. The summed E-state index contributed by atoms with van der Waals surface area (Å²) in [7, 11) is 0. The van der Waals surface area contributed by atoms with Gasteiger partial charge in [0, 0.05) is 6.54 Å². The molecule has 2 heterocycles. The molecule has 0 bridgehead atoms. The number of para-hydroxylation sites is 2. The lowest BCUT2D eigenvalue weighted by Crippen LogP contribution is -2.18. The molecule has 112 valence electrons. The van der Waals surface area contributed by atoms with E-state index in [1.807, 2.05) is 36.1 Å². The standard InChI is InChI=1S/C15H20N4O2/c1-3-16-11(2)14-17-18-15(21-14)19-9-6-10-20-13-8-5-4-7-12(13)19/h4-5,7-8,11,16H,3,6,9-10H2,1-2H3. The molecule has 0 saturated heterocycles. The number of rotatable bonds is 4. The SMILES string of the molecule is CCNC(C)c1nnc(N2CCCOc3ccccc32)o1. The molecule has 1 unspecified atom stereocenters. The summed E-state index contributed by atoms with van der Waals surface area (Å²) in [6.45, 7) is 6.42. The van der Waals surface area contributed by atoms with Crippen LogP contribution in [-0.4, -0.2) is 29.9 Å². The molecular formula is C15H20N4O2. The molecule has 1 aliphatic heterocycles. The minimum atomic E-state index is 0.0507.